The molecule has 102 valence electrons. The van der Waals surface area contributed by atoms with Crippen molar-refractivity contribution < 1.29 is 4.79 Å². The van der Waals surface area contributed by atoms with Gasteiger partial charge >= 0.3 is 0 Å². The van der Waals surface area contributed by atoms with Crippen LogP contribution in [-0.4, -0.2) is 11.9 Å². The zero-order chi connectivity index (χ0) is 13.2. The number of carbonyl (C=O) groups excluding carboxylic acids is 1. The van der Waals surface area contributed by atoms with Gasteiger partial charge in [0.05, 0.1) is 0 Å². The average Bonchev–Trinajstić information content (AvgIpc) is 3.18. The zero-order valence-corrected chi connectivity index (χ0v) is 11.5. The largest absolute Gasteiger partial charge is 0.382 e. The molecule has 2 atom stereocenters. The van der Waals surface area contributed by atoms with Crippen molar-refractivity contribution in [1.29, 1.82) is 0 Å². The average molecular weight is 258 g/mol. The van der Waals surface area contributed by atoms with E-state index in [2.05, 4.69) is 29.7 Å². The Balaban J connectivity index is 1.57. The van der Waals surface area contributed by atoms with Crippen LogP contribution >= 0.6 is 0 Å². The fraction of sp³-hybridized carbons (Fsp3) is 0.562. The smallest absolute Gasteiger partial charge is 0.227 e. The number of hydrogen-bond acceptors (Lipinski definition) is 2. The summed E-state index contributed by atoms with van der Waals surface area (Å²) in [6.45, 7) is 2.31. The second kappa shape index (κ2) is 5.24. The maximum absolute atomic E-state index is 11.7. The first kappa shape index (κ1) is 12.5. The lowest BCUT2D eigenvalue weighted by Gasteiger charge is -2.18. The Morgan fingerprint density at radius 3 is 2.32 bits per heavy atom. The van der Waals surface area contributed by atoms with Gasteiger partial charge in [0.15, 0.2) is 0 Å². The van der Waals surface area contributed by atoms with Gasteiger partial charge < -0.3 is 10.6 Å². The molecule has 3 nitrogen and oxygen atoms in total. The summed E-state index contributed by atoms with van der Waals surface area (Å²) in [5.74, 6) is 1.19. The van der Waals surface area contributed by atoms with E-state index in [9.17, 15) is 4.79 Å². The van der Waals surface area contributed by atoms with E-state index in [4.69, 9.17) is 0 Å². The van der Waals surface area contributed by atoms with Crippen molar-refractivity contribution >= 4 is 17.3 Å². The topological polar surface area (TPSA) is 41.1 Å². The summed E-state index contributed by atoms with van der Waals surface area (Å²) in [5, 5.41) is 6.56. The highest BCUT2D eigenvalue weighted by Crippen LogP contribution is 2.31. The van der Waals surface area contributed by atoms with E-state index in [0.29, 0.717) is 6.04 Å². The molecule has 2 unspecified atom stereocenters. The van der Waals surface area contributed by atoms with Crippen LogP contribution in [0.15, 0.2) is 24.3 Å². The standard InChI is InChI=1S/C16H22N2O/c1-11-3-2-4-15(11)17-13-7-9-14(10-8-13)18-16(19)12-5-6-12/h7-12,15,17H,2-6H2,1H3,(H,18,19). The Labute approximate surface area is 114 Å². The molecule has 2 aliphatic rings. The highest BCUT2D eigenvalue weighted by atomic mass is 16.2. The third-order valence-electron chi connectivity index (χ3n) is 4.31. The van der Waals surface area contributed by atoms with E-state index in [1.54, 1.807) is 0 Å². The second-order valence-electron chi connectivity index (χ2n) is 6.00. The molecule has 1 aromatic carbocycles. The van der Waals surface area contributed by atoms with Crippen molar-refractivity contribution in [3.05, 3.63) is 24.3 Å². The van der Waals surface area contributed by atoms with Crippen LogP contribution in [-0.2, 0) is 4.79 Å². The van der Waals surface area contributed by atoms with E-state index in [-0.39, 0.29) is 11.8 Å². The first-order valence-corrected chi connectivity index (χ1v) is 7.40. The molecule has 3 heteroatoms. The SMILES string of the molecule is CC1CCCC1Nc1ccc(NC(=O)C2CC2)cc1. The number of anilines is 2. The number of amides is 1. The predicted molar refractivity (Wildman–Crippen MR) is 78.2 cm³/mol. The molecular weight excluding hydrogens is 236 g/mol. The van der Waals surface area contributed by atoms with Gasteiger partial charge in [0.1, 0.15) is 0 Å². The molecule has 0 spiro atoms. The number of benzene rings is 1. The van der Waals surface area contributed by atoms with Gasteiger partial charge in [0.25, 0.3) is 0 Å². The second-order valence-corrected chi connectivity index (χ2v) is 6.00. The van der Waals surface area contributed by atoms with Crippen LogP contribution in [0.4, 0.5) is 11.4 Å². The molecule has 2 fully saturated rings. The van der Waals surface area contributed by atoms with E-state index in [1.165, 1.54) is 19.3 Å². The molecule has 0 aliphatic heterocycles. The zero-order valence-electron chi connectivity index (χ0n) is 11.5. The Kier molecular flexibility index (Phi) is 3.45. The molecule has 2 N–H and O–H groups in total. The van der Waals surface area contributed by atoms with Crippen molar-refractivity contribution in [3.8, 4) is 0 Å². The fourth-order valence-corrected chi connectivity index (χ4v) is 2.81. The fourth-order valence-electron chi connectivity index (χ4n) is 2.81. The molecular formula is C16H22N2O. The Morgan fingerprint density at radius 1 is 1.05 bits per heavy atom. The molecule has 1 amide bonds. The van der Waals surface area contributed by atoms with Gasteiger partial charge in [0, 0.05) is 23.3 Å². The summed E-state index contributed by atoms with van der Waals surface area (Å²) in [5.41, 5.74) is 2.06. The molecule has 19 heavy (non-hydrogen) atoms. The monoisotopic (exact) mass is 258 g/mol. The Morgan fingerprint density at radius 2 is 1.74 bits per heavy atom. The van der Waals surface area contributed by atoms with Gasteiger partial charge in [-0.3, -0.25) is 4.79 Å². The van der Waals surface area contributed by atoms with Crippen LogP contribution < -0.4 is 10.6 Å². The lowest BCUT2D eigenvalue weighted by molar-refractivity contribution is -0.117. The van der Waals surface area contributed by atoms with Gasteiger partial charge in [-0.25, -0.2) is 0 Å². The minimum absolute atomic E-state index is 0.171. The molecule has 0 aromatic heterocycles. The van der Waals surface area contributed by atoms with Crippen molar-refractivity contribution in [2.24, 2.45) is 11.8 Å². The van der Waals surface area contributed by atoms with Crippen LogP contribution in [0.3, 0.4) is 0 Å². The first-order chi connectivity index (χ1) is 9.22. The van der Waals surface area contributed by atoms with Gasteiger partial charge in [-0.1, -0.05) is 13.3 Å². The summed E-state index contributed by atoms with van der Waals surface area (Å²) in [6.07, 6.45) is 6.01. The molecule has 0 radical (unpaired) electrons. The molecule has 3 rings (SSSR count). The van der Waals surface area contributed by atoms with Crippen molar-refractivity contribution in [1.82, 2.24) is 0 Å². The highest BCUT2D eigenvalue weighted by Gasteiger charge is 2.29. The summed E-state index contributed by atoms with van der Waals surface area (Å²) < 4.78 is 0. The molecule has 0 bridgehead atoms. The van der Waals surface area contributed by atoms with Crippen LogP contribution in [0.1, 0.15) is 39.0 Å². The minimum Gasteiger partial charge on any atom is -0.382 e. The lowest BCUT2D eigenvalue weighted by Crippen LogP contribution is -2.21. The van der Waals surface area contributed by atoms with E-state index < -0.39 is 0 Å². The quantitative estimate of drug-likeness (QED) is 0.865. The molecule has 0 saturated heterocycles. The van der Waals surface area contributed by atoms with E-state index in [1.807, 2.05) is 12.1 Å². The van der Waals surface area contributed by atoms with Crippen LogP contribution in [0.2, 0.25) is 0 Å². The molecule has 1 aromatic rings. The number of rotatable bonds is 4. The Hall–Kier alpha value is -1.51. The van der Waals surface area contributed by atoms with Crippen LogP contribution in [0.5, 0.6) is 0 Å². The maximum Gasteiger partial charge on any atom is 0.227 e. The van der Waals surface area contributed by atoms with Gasteiger partial charge in [-0.05, 0) is 55.9 Å². The summed E-state index contributed by atoms with van der Waals surface area (Å²) in [6, 6.07) is 8.71. The van der Waals surface area contributed by atoms with Crippen molar-refractivity contribution in [3.63, 3.8) is 0 Å². The molecule has 0 heterocycles. The van der Waals surface area contributed by atoms with Crippen molar-refractivity contribution in [2.75, 3.05) is 10.6 Å². The van der Waals surface area contributed by atoms with Gasteiger partial charge in [-0.15, -0.1) is 0 Å². The van der Waals surface area contributed by atoms with Gasteiger partial charge in [0.2, 0.25) is 5.91 Å². The number of nitrogens with one attached hydrogen (secondary N) is 2. The maximum atomic E-state index is 11.7. The number of carbonyl (C=O) groups is 1. The summed E-state index contributed by atoms with van der Waals surface area (Å²) >= 11 is 0. The minimum atomic E-state index is 0.171. The molecule has 2 saturated carbocycles. The third kappa shape index (κ3) is 3.09. The van der Waals surface area contributed by atoms with E-state index in [0.717, 1.165) is 30.1 Å². The first-order valence-electron chi connectivity index (χ1n) is 7.40. The third-order valence-corrected chi connectivity index (χ3v) is 4.31. The Bertz CT molecular complexity index is 450. The highest BCUT2D eigenvalue weighted by molar-refractivity contribution is 5.94. The van der Waals surface area contributed by atoms with Crippen molar-refractivity contribution in [2.45, 2.75) is 45.1 Å². The lowest BCUT2D eigenvalue weighted by atomic mass is 10.1. The van der Waals surface area contributed by atoms with Crippen LogP contribution in [0, 0.1) is 11.8 Å². The van der Waals surface area contributed by atoms with E-state index >= 15 is 0 Å². The molecule has 2 aliphatic carbocycles. The summed E-state index contributed by atoms with van der Waals surface area (Å²) in [7, 11) is 0. The summed E-state index contributed by atoms with van der Waals surface area (Å²) in [4.78, 5) is 11.7. The predicted octanol–water partition coefficient (Wildman–Crippen LogP) is 3.64. The normalized spacial score (nSPS) is 26.2. The number of hydrogen-bond donors (Lipinski definition) is 2. The van der Waals surface area contributed by atoms with Crippen LogP contribution in [0.25, 0.3) is 0 Å². The van der Waals surface area contributed by atoms with Gasteiger partial charge in [-0.2, -0.15) is 0 Å².